The highest BCUT2D eigenvalue weighted by Crippen LogP contribution is 2.17. The summed E-state index contributed by atoms with van der Waals surface area (Å²) < 4.78 is 5.89. The van der Waals surface area contributed by atoms with Gasteiger partial charge < -0.3 is 4.74 Å². The van der Waals surface area contributed by atoms with Crippen molar-refractivity contribution >= 4 is 0 Å². The van der Waals surface area contributed by atoms with Gasteiger partial charge in [-0.15, -0.1) is 0 Å². The van der Waals surface area contributed by atoms with Crippen LogP contribution in [0.2, 0.25) is 0 Å². The normalized spacial score (nSPS) is 27.6. The Bertz CT molecular complexity index is 158. The molecule has 1 aliphatic heterocycles. The highest BCUT2D eigenvalue weighted by atomic mass is 16.5. The summed E-state index contributed by atoms with van der Waals surface area (Å²) in [5.41, 5.74) is 0. The number of hydrogen-bond acceptors (Lipinski definition) is 2. The van der Waals surface area contributed by atoms with Crippen LogP contribution in [0, 0.1) is 5.92 Å². The first-order valence-electron chi connectivity index (χ1n) is 6.00. The van der Waals surface area contributed by atoms with Gasteiger partial charge in [-0.1, -0.05) is 20.3 Å². The Labute approximate surface area is 88.6 Å². The molecule has 0 aromatic heterocycles. The molecule has 1 rings (SSSR count). The fourth-order valence-electron chi connectivity index (χ4n) is 1.95. The first kappa shape index (κ1) is 12.0. The quantitative estimate of drug-likeness (QED) is 0.692. The van der Waals surface area contributed by atoms with Crippen molar-refractivity contribution in [2.45, 2.75) is 52.7 Å². The van der Waals surface area contributed by atoms with Crippen LogP contribution in [0.25, 0.3) is 0 Å². The van der Waals surface area contributed by atoms with Gasteiger partial charge in [-0.25, -0.2) is 0 Å². The van der Waals surface area contributed by atoms with Crippen LogP contribution in [0.3, 0.4) is 0 Å². The van der Waals surface area contributed by atoms with Gasteiger partial charge in [-0.3, -0.25) is 4.90 Å². The molecule has 0 radical (unpaired) electrons. The summed E-state index contributed by atoms with van der Waals surface area (Å²) in [6, 6.07) is 0.656. The Balaban J connectivity index is 2.51. The number of nitrogens with zero attached hydrogens (tertiary/aromatic N) is 1. The van der Waals surface area contributed by atoms with E-state index in [0.717, 1.165) is 13.2 Å². The Hall–Kier alpha value is -0.0800. The third-order valence-electron chi connectivity index (χ3n) is 3.34. The Morgan fingerprint density at radius 3 is 2.64 bits per heavy atom. The molecule has 1 heterocycles. The molecule has 84 valence electrons. The summed E-state index contributed by atoms with van der Waals surface area (Å²) >= 11 is 0. The topological polar surface area (TPSA) is 12.5 Å². The summed E-state index contributed by atoms with van der Waals surface area (Å²) in [5, 5.41) is 0. The van der Waals surface area contributed by atoms with Gasteiger partial charge >= 0.3 is 0 Å². The molecular formula is C12H25NO. The van der Waals surface area contributed by atoms with E-state index in [1.54, 1.807) is 0 Å². The maximum Gasteiger partial charge on any atom is 0.0727 e. The molecule has 1 aliphatic rings. The summed E-state index contributed by atoms with van der Waals surface area (Å²) in [7, 11) is 0. The van der Waals surface area contributed by atoms with E-state index in [2.05, 4.69) is 32.6 Å². The van der Waals surface area contributed by atoms with Gasteiger partial charge in [0, 0.05) is 25.7 Å². The molecular weight excluding hydrogens is 174 g/mol. The Kier molecular flexibility index (Phi) is 4.90. The third-order valence-corrected chi connectivity index (χ3v) is 3.34. The molecule has 0 saturated carbocycles. The van der Waals surface area contributed by atoms with Gasteiger partial charge in [0.05, 0.1) is 6.10 Å². The van der Waals surface area contributed by atoms with Crippen LogP contribution in [0.15, 0.2) is 0 Å². The molecule has 0 bridgehead atoms. The zero-order valence-corrected chi connectivity index (χ0v) is 10.1. The Morgan fingerprint density at radius 2 is 2.07 bits per heavy atom. The van der Waals surface area contributed by atoms with Crippen molar-refractivity contribution < 1.29 is 4.74 Å². The van der Waals surface area contributed by atoms with E-state index in [0.29, 0.717) is 18.1 Å². The van der Waals surface area contributed by atoms with E-state index >= 15 is 0 Å². The second-order valence-corrected chi connectivity index (χ2v) is 4.74. The van der Waals surface area contributed by atoms with Crippen LogP contribution >= 0.6 is 0 Å². The van der Waals surface area contributed by atoms with E-state index < -0.39 is 0 Å². The lowest BCUT2D eigenvalue weighted by Gasteiger charge is -2.29. The summed E-state index contributed by atoms with van der Waals surface area (Å²) in [5.74, 6) is 0.689. The second kappa shape index (κ2) is 5.72. The van der Waals surface area contributed by atoms with E-state index in [4.69, 9.17) is 4.74 Å². The molecule has 1 unspecified atom stereocenters. The molecule has 0 spiro atoms. The number of ether oxygens (including phenoxy) is 1. The van der Waals surface area contributed by atoms with Gasteiger partial charge in [0.1, 0.15) is 0 Å². The monoisotopic (exact) mass is 199 g/mol. The first-order chi connectivity index (χ1) is 6.65. The van der Waals surface area contributed by atoms with E-state index in [9.17, 15) is 0 Å². The SMILES string of the molecule is CC[C@H](C)C1CN(C(C)C)CCCO1. The van der Waals surface area contributed by atoms with Gasteiger partial charge in [-0.05, 0) is 26.2 Å². The van der Waals surface area contributed by atoms with Crippen LogP contribution in [-0.4, -0.2) is 36.7 Å². The predicted molar refractivity (Wildman–Crippen MR) is 60.5 cm³/mol. The minimum Gasteiger partial charge on any atom is -0.377 e. The molecule has 14 heavy (non-hydrogen) atoms. The first-order valence-corrected chi connectivity index (χ1v) is 6.00. The largest absolute Gasteiger partial charge is 0.377 e. The minimum absolute atomic E-state index is 0.449. The van der Waals surface area contributed by atoms with Gasteiger partial charge in [0.25, 0.3) is 0 Å². The van der Waals surface area contributed by atoms with Gasteiger partial charge in [0.15, 0.2) is 0 Å². The fraction of sp³-hybridized carbons (Fsp3) is 1.00. The standard InChI is InChI=1S/C12H25NO/c1-5-11(4)12-9-13(10(2)3)7-6-8-14-12/h10-12H,5-9H2,1-4H3/t11-,12?/m0/s1. The molecule has 1 fully saturated rings. The van der Waals surface area contributed by atoms with Gasteiger partial charge in [0.2, 0.25) is 0 Å². The molecule has 2 nitrogen and oxygen atoms in total. The average molecular weight is 199 g/mol. The van der Waals surface area contributed by atoms with Crippen LogP contribution in [-0.2, 0) is 4.74 Å². The summed E-state index contributed by atoms with van der Waals surface area (Å²) in [6.07, 6.45) is 2.85. The lowest BCUT2D eigenvalue weighted by molar-refractivity contribution is 0.0133. The second-order valence-electron chi connectivity index (χ2n) is 4.74. The molecule has 0 aromatic rings. The average Bonchev–Trinajstić information content (AvgIpc) is 2.41. The lowest BCUT2D eigenvalue weighted by atomic mass is 10.0. The van der Waals surface area contributed by atoms with Crippen molar-refractivity contribution in [1.29, 1.82) is 0 Å². The maximum atomic E-state index is 5.89. The van der Waals surface area contributed by atoms with Crippen LogP contribution in [0.5, 0.6) is 0 Å². The van der Waals surface area contributed by atoms with Crippen molar-refractivity contribution in [3.8, 4) is 0 Å². The molecule has 2 heteroatoms. The van der Waals surface area contributed by atoms with Crippen molar-refractivity contribution in [3.05, 3.63) is 0 Å². The van der Waals surface area contributed by atoms with Crippen LogP contribution in [0.4, 0.5) is 0 Å². The van der Waals surface area contributed by atoms with Crippen LogP contribution < -0.4 is 0 Å². The van der Waals surface area contributed by atoms with Crippen molar-refractivity contribution in [3.63, 3.8) is 0 Å². The van der Waals surface area contributed by atoms with E-state index in [1.807, 2.05) is 0 Å². The van der Waals surface area contributed by atoms with Crippen molar-refractivity contribution in [1.82, 2.24) is 4.90 Å². The molecule has 0 N–H and O–H groups in total. The molecule has 1 saturated heterocycles. The minimum atomic E-state index is 0.449. The summed E-state index contributed by atoms with van der Waals surface area (Å²) in [4.78, 5) is 2.55. The molecule has 0 aromatic carbocycles. The highest BCUT2D eigenvalue weighted by Gasteiger charge is 2.23. The molecule has 0 aliphatic carbocycles. The Morgan fingerprint density at radius 1 is 1.36 bits per heavy atom. The lowest BCUT2D eigenvalue weighted by Crippen LogP contribution is -2.39. The van der Waals surface area contributed by atoms with Crippen molar-refractivity contribution in [2.75, 3.05) is 19.7 Å². The zero-order valence-electron chi connectivity index (χ0n) is 10.1. The highest BCUT2D eigenvalue weighted by molar-refractivity contribution is 4.75. The third kappa shape index (κ3) is 3.25. The number of rotatable bonds is 3. The van der Waals surface area contributed by atoms with Crippen LogP contribution in [0.1, 0.15) is 40.5 Å². The predicted octanol–water partition coefficient (Wildman–Crippen LogP) is 2.53. The zero-order chi connectivity index (χ0) is 10.6. The number of hydrogen-bond donors (Lipinski definition) is 0. The molecule has 0 amide bonds. The molecule has 2 atom stereocenters. The van der Waals surface area contributed by atoms with E-state index in [1.165, 1.54) is 19.4 Å². The fourth-order valence-corrected chi connectivity index (χ4v) is 1.95. The van der Waals surface area contributed by atoms with Crippen molar-refractivity contribution in [2.24, 2.45) is 5.92 Å². The van der Waals surface area contributed by atoms with Gasteiger partial charge in [-0.2, -0.15) is 0 Å². The summed E-state index contributed by atoms with van der Waals surface area (Å²) in [6.45, 7) is 12.4. The smallest absolute Gasteiger partial charge is 0.0727 e. The maximum absolute atomic E-state index is 5.89. The van der Waals surface area contributed by atoms with E-state index in [-0.39, 0.29) is 0 Å².